The van der Waals surface area contributed by atoms with Crippen LogP contribution in [-0.4, -0.2) is 14.7 Å². The van der Waals surface area contributed by atoms with Crippen LogP contribution in [0.15, 0.2) is 30.5 Å². The van der Waals surface area contributed by atoms with E-state index in [9.17, 15) is 0 Å². The number of nitrogens with zero attached hydrogens (tertiary/aromatic N) is 1. The molecule has 2 N–H and O–H groups in total. The van der Waals surface area contributed by atoms with E-state index in [1.807, 2.05) is 29.9 Å². The van der Waals surface area contributed by atoms with E-state index in [1.165, 1.54) is 0 Å². The second-order valence-corrected chi connectivity index (χ2v) is 3.47. The molecular weight excluding hydrogens is 196 g/mol. The number of hydrogen-bond donors (Lipinski definition) is 2. The van der Waals surface area contributed by atoms with E-state index in [0.29, 0.717) is 4.77 Å². The topological polar surface area (TPSA) is 41.0 Å². The number of phenols is 1. The molecule has 0 aliphatic heterocycles. The number of benzene rings is 1. The first kappa shape index (κ1) is 9.02. The molecule has 72 valence electrons. The van der Waals surface area contributed by atoms with E-state index in [0.717, 1.165) is 11.3 Å². The predicted octanol–water partition coefficient (Wildman–Crippen LogP) is 2.46. The van der Waals surface area contributed by atoms with Gasteiger partial charge in [-0.2, -0.15) is 0 Å². The molecule has 0 amide bonds. The lowest BCUT2D eigenvalue weighted by molar-refractivity contribution is 0.475. The van der Waals surface area contributed by atoms with E-state index >= 15 is 0 Å². The Morgan fingerprint density at radius 1 is 1.29 bits per heavy atom. The van der Waals surface area contributed by atoms with Crippen molar-refractivity contribution in [3.8, 4) is 17.0 Å². The van der Waals surface area contributed by atoms with Crippen LogP contribution in [-0.2, 0) is 7.05 Å². The van der Waals surface area contributed by atoms with E-state index in [-0.39, 0.29) is 5.75 Å². The molecule has 3 nitrogen and oxygen atoms in total. The van der Waals surface area contributed by atoms with Gasteiger partial charge in [0.1, 0.15) is 5.75 Å². The molecule has 1 aromatic heterocycles. The van der Waals surface area contributed by atoms with Crippen molar-refractivity contribution in [1.82, 2.24) is 9.55 Å². The first-order chi connectivity index (χ1) is 6.68. The van der Waals surface area contributed by atoms with E-state index < -0.39 is 0 Å². The molecule has 0 fully saturated rings. The third-order valence-electron chi connectivity index (χ3n) is 2.16. The van der Waals surface area contributed by atoms with Crippen LogP contribution < -0.4 is 0 Å². The Kier molecular flexibility index (Phi) is 2.13. The van der Waals surface area contributed by atoms with E-state index in [2.05, 4.69) is 4.98 Å². The minimum Gasteiger partial charge on any atom is -0.508 e. The van der Waals surface area contributed by atoms with Crippen molar-refractivity contribution in [2.75, 3.05) is 0 Å². The average Bonchev–Trinajstić information content (AvgIpc) is 2.50. The Morgan fingerprint density at radius 2 is 1.93 bits per heavy atom. The molecular formula is C10H10N2OS. The van der Waals surface area contributed by atoms with Crippen molar-refractivity contribution in [2.45, 2.75) is 0 Å². The van der Waals surface area contributed by atoms with Crippen molar-refractivity contribution in [3.63, 3.8) is 0 Å². The quantitative estimate of drug-likeness (QED) is 0.704. The molecule has 0 atom stereocenters. The van der Waals surface area contributed by atoms with Crippen LogP contribution in [0.1, 0.15) is 0 Å². The summed E-state index contributed by atoms with van der Waals surface area (Å²) >= 11 is 5.06. The normalized spacial score (nSPS) is 10.4. The highest BCUT2D eigenvalue weighted by atomic mass is 32.1. The van der Waals surface area contributed by atoms with Gasteiger partial charge < -0.3 is 14.7 Å². The van der Waals surface area contributed by atoms with Crippen molar-refractivity contribution >= 4 is 12.2 Å². The fourth-order valence-corrected chi connectivity index (χ4v) is 1.50. The van der Waals surface area contributed by atoms with Gasteiger partial charge in [0.05, 0.1) is 5.69 Å². The van der Waals surface area contributed by atoms with Gasteiger partial charge in [-0.1, -0.05) is 0 Å². The maximum Gasteiger partial charge on any atom is 0.177 e. The summed E-state index contributed by atoms with van der Waals surface area (Å²) in [5.41, 5.74) is 2.03. The lowest BCUT2D eigenvalue weighted by Crippen LogP contribution is -1.90. The van der Waals surface area contributed by atoms with Crippen LogP contribution in [0.25, 0.3) is 11.3 Å². The standard InChI is InChI=1S/C10H10N2OS/c1-12-9(6-11-10(12)14)7-2-4-8(13)5-3-7/h2-6,13H,1H3,(H,11,14). The molecule has 2 aromatic rings. The Balaban J connectivity index is 2.55. The lowest BCUT2D eigenvalue weighted by atomic mass is 10.1. The number of aromatic hydroxyl groups is 1. The van der Waals surface area contributed by atoms with Crippen molar-refractivity contribution in [2.24, 2.45) is 7.05 Å². The third-order valence-corrected chi connectivity index (χ3v) is 2.55. The SMILES string of the molecule is Cn1c(-c2ccc(O)cc2)c[nH]c1=S. The van der Waals surface area contributed by atoms with Gasteiger partial charge in [0.15, 0.2) is 4.77 Å². The molecule has 14 heavy (non-hydrogen) atoms. The molecule has 0 radical (unpaired) electrons. The van der Waals surface area contributed by atoms with Crippen molar-refractivity contribution in [3.05, 3.63) is 35.2 Å². The number of rotatable bonds is 1. The molecule has 0 unspecified atom stereocenters. The predicted molar refractivity (Wildman–Crippen MR) is 57.7 cm³/mol. The van der Waals surface area contributed by atoms with Crippen LogP contribution in [0.2, 0.25) is 0 Å². The first-order valence-corrected chi connectivity index (χ1v) is 4.63. The molecule has 0 bridgehead atoms. The van der Waals surface area contributed by atoms with Gasteiger partial charge in [0.2, 0.25) is 0 Å². The zero-order chi connectivity index (χ0) is 10.1. The number of nitrogens with one attached hydrogen (secondary N) is 1. The number of aromatic amines is 1. The molecule has 2 rings (SSSR count). The van der Waals surface area contributed by atoms with Gasteiger partial charge in [-0.25, -0.2) is 0 Å². The van der Waals surface area contributed by atoms with Gasteiger partial charge in [-0.15, -0.1) is 0 Å². The number of hydrogen-bond acceptors (Lipinski definition) is 2. The highest BCUT2D eigenvalue weighted by Gasteiger charge is 2.02. The number of phenolic OH excluding ortho intramolecular Hbond substituents is 1. The third kappa shape index (κ3) is 1.44. The second kappa shape index (κ2) is 3.31. The molecule has 0 aliphatic carbocycles. The Labute approximate surface area is 86.6 Å². The van der Waals surface area contributed by atoms with Crippen LogP contribution in [0.3, 0.4) is 0 Å². The fourth-order valence-electron chi connectivity index (χ4n) is 1.34. The van der Waals surface area contributed by atoms with Crippen LogP contribution in [0.4, 0.5) is 0 Å². The minimum absolute atomic E-state index is 0.269. The van der Waals surface area contributed by atoms with Crippen LogP contribution in [0.5, 0.6) is 5.75 Å². The first-order valence-electron chi connectivity index (χ1n) is 4.22. The van der Waals surface area contributed by atoms with Crippen molar-refractivity contribution in [1.29, 1.82) is 0 Å². The summed E-state index contributed by atoms with van der Waals surface area (Å²) in [6.45, 7) is 0. The van der Waals surface area contributed by atoms with Gasteiger partial charge in [-0.05, 0) is 42.0 Å². The van der Waals surface area contributed by atoms with E-state index in [4.69, 9.17) is 17.3 Å². The summed E-state index contributed by atoms with van der Waals surface area (Å²) in [5.74, 6) is 0.269. The molecule has 1 heterocycles. The monoisotopic (exact) mass is 206 g/mol. The highest BCUT2D eigenvalue weighted by Crippen LogP contribution is 2.20. The van der Waals surface area contributed by atoms with Gasteiger partial charge >= 0.3 is 0 Å². The smallest absolute Gasteiger partial charge is 0.177 e. The number of imidazole rings is 1. The molecule has 0 spiro atoms. The lowest BCUT2D eigenvalue weighted by Gasteiger charge is -2.01. The molecule has 0 saturated heterocycles. The van der Waals surface area contributed by atoms with Crippen LogP contribution in [0, 0.1) is 4.77 Å². The second-order valence-electron chi connectivity index (χ2n) is 3.08. The van der Waals surface area contributed by atoms with Gasteiger partial charge in [0.25, 0.3) is 0 Å². The molecule has 0 aliphatic rings. The summed E-state index contributed by atoms with van der Waals surface area (Å²) in [4.78, 5) is 2.97. The van der Waals surface area contributed by atoms with Crippen LogP contribution >= 0.6 is 12.2 Å². The average molecular weight is 206 g/mol. The zero-order valence-electron chi connectivity index (χ0n) is 7.69. The molecule has 0 saturated carbocycles. The Morgan fingerprint density at radius 3 is 2.43 bits per heavy atom. The van der Waals surface area contributed by atoms with Gasteiger partial charge in [0, 0.05) is 13.2 Å². The fraction of sp³-hybridized carbons (Fsp3) is 0.100. The molecule has 1 aromatic carbocycles. The summed E-state index contributed by atoms with van der Waals surface area (Å²) in [6, 6.07) is 7.03. The minimum atomic E-state index is 0.269. The largest absolute Gasteiger partial charge is 0.508 e. The molecule has 4 heteroatoms. The van der Waals surface area contributed by atoms with E-state index in [1.54, 1.807) is 12.1 Å². The number of aromatic nitrogens is 2. The Bertz CT molecular complexity index is 496. The summed E-state index contributed by atoms with van der Waals surface area (Å²) in [6.07, 6.45) is 1.86. The number of H-pyrrole nitrogens is 1. The summed E-state index contributed by atoms with van der Waals surface area (Å²) in [5, 5.41) is 9.14. The maximum absolute atomic E-state index is 9.14. The maximum atomic E-state index is 9.14. The van der Waals surface area contributed by atoms with Crippen molar-refractivity contribution < 1.29 is 5.11 Å². The van der Waals surface area contributed by atoms with Gasteiger partial charge in [-0.3, -0.25) is 0 Å². The highest BCUT2D eigenvalue weighted by molar-refractivity contribution is 7.71. The summed E-state index contributed by atoms with van der Waals surface area (Å²) < 4.78 is 2.58. The zero-order valence-corrected chi connectivity index (χ0v) is 8.51. The summed E-state index contributed by atoms with van der Waals surface area (Å²) in [7, 11) is 1.90. The Hall–Kier alpha value is -1.55.